The summed E-state index contributed by atoms with van der Waals surface area (Å²) in [6.45, 7) is 3.73. The summed E-state index contributed by atoms with van der Waals surface area (Å²) in [5, 5.41) is 3.26. The average Bonchev–Trinajstić information content (AvgIpc) is 2.85. The van der Waals surface area contributed by atoms with Crippen molar-refractivity contribution in [3.63, 3.8) is 0 Å². The fraction of sp³-hybridized carbons (Fsp3) is 0.600. The van der Waals surface area contributed by atoms with Gasteiger partial charge in [0.1, 0.15) is 0 Å². The predicted octanol–water partition coefficient (Wildman–Crippen LogP) is 1.60. The Labute approximate surface area is 121 Å². The van der Waals surface area contributed by atoms with Crippen molar-refractivity contribution in [3.8, 4) is 0 Å². The highest BCUT2D eigenvalue weighted by molar-refractivity contribution is 7.89. The number of nitrogens with one attached hydrogen (secondary N) is 2. The van der Waals surface area contributed by atoms with Gasteiger partial charge >= 0.3 is 0 Å². The third-order valence-electron chi connectivity index (χ3n) is 4.47. The molecular weight excluding hydrogens is 272 g/mol. The Morgan fingerprint density at radius 3 is 2.60 bits per heavy atom. The SMILES string of the molecule is CC1(NS(=O)(=O)c2ccc3c(c2)CCC3)CCNCC1. The highest BCUT2D eigenvalue weighted by Gasteiger charge is 2.32. The van der Waals surface area contributed by atoms with Gasteiger partial charge in [0.05, 0.1) is 4.90 Å². The normalized spacial score (nSPS) is 21.6. The second-order valence-electron chi connectivity index (χ2n) is 6.20. The van der Waals surface area contributed by atoms with E-state index in [0.29, 0.717) is 4.90 Å². The van der Waals surface area contributed by atoms with Crippen LogP contribution in [0.1, 0.15) is 37.3 Å². The van der Waals surface area contributed by atoms with Crippen LogP contribution in [-0.2, 0) is 22.9 Å². The Morgan fingerprint density at radius 2 is 1.85 bits per heavy atom. The fourth-order valence-corrected chi connectivity index (χ4v) is 4.69. The Balaban J connectivity index is 1.84. The zero-order chi connectivity index (χ0) is 14.2. The van der Waals surface area contributed by atoms with Crippen molar-refractivity contribution in [2.24, 2.45) is 0 Å². The van der Waals surface area contributed by atoms with E-state index in [2.05, 4.69) is 10.0 Å². The molecule has 2 N–H and O–H groups in total. The molecule has 0 spiro atoms. The van der Waals surface area contributed by atoms with Gasteiger partial charge in [0.2, 0.25) is 10.0 Å². The lowest BCUT2D eigenvalue weighted by Crippen LogP contribution is -2.52. The monoisotopic (exact) mass is 294 g/mol. The number of piperidine rings is 1. The maximum absolute atomic E-state index is 12.6. The summed E-state index contributed by atoms with van der Waals surface area (Å²) in [5.41, 5.74) is 2.17. The number of aryl methyl sites for hydroxylation is 2. The highest BCUT2D eigenvalue weighted by Crippen LogP contribution is 2.26. The number of hydrogen-bond donors (Lipinski definition) is 2. The van der Waals surface area contributed by atoms with E-state index in [1.165, 1.54) is 11.1 Å². The molecule has 0 atom stereocenters. The van der Waals surface area contributed by atoms with E-state index in [4.69, 9.17) is 0 Å². The zero-order valence-electron chi connectivity index (χ0n) is 11.9. The average molecular weight is 294 g/mol. The summed E-state index contributed by atoms with van der Waals surface area (Å²) in [6.07, 6.45) is 4.87. The van der Waals surface area contributed by atoms with E-state index in [1.807, 2.05) is 19.1 Å². The smallest absolute Gasteiger partial charge is 0.241 e. The molecular formula is C15H22N2O2S. The summed E-state index contributed by atoms with van der Waals surface area (Å²) in [4.78, 5) is 0.415. The molecule has 20 heavy (non-hydrogen) atoms. The Morgan fingerprint density at radius 1 is 1.15 bits per heavy atom. The van der Waals surface area contributed by atoms with Gasteiger partial charge < -0.3 is 5.32 Å². The topological polar surface area (TPSA) is 58.2 Å². The van der Waals surface area contributed by atoms with Crippen LogP contribution >= 0.6 is 0 Å². The molecule has 0 unspecified atom stereocenters. The van der Waals surface area contributed by atoms with Crippen molar-refractivity contribution in [3.05, 3.63) is 29.3 Å². The molecule has 0 amide bonds. The minimum Gasteiger partial charge on any atom is -0.317 e. The largest absolute Gasteiger partial charge is 0.317 e. The first-order chi connectivity index (χ1) is 9.49. The van der Waals surface area contributed by atoms with E-state index in [-0.39, 0.29) is 5.54 Å². The summed E-state index contributed by atoms with van der Waals surface area (Å²) in [6, 6.07) is 5.58. The van der Waals surface area contributed by atoms with Crippen LogP contribution in [0.15, 0.2) is 23.1 Å². The van der Waals surface area contributed by atoms with Crippen molar-refractivity contribution in [2.45, 2.75) is 49.5 Å². The maximum atomic E-state index is 12.6. The lowest BCUT2D eigenvalue weighted by Gasteiger charge is -2.34. The number of benzene rings is 1. The molecule has 0 bridgehead atoms. The molecule has 1 aliphatic carbocycles. The Kier molecular flexibility index (Phi) is 3.60. The van der Waals surface area contributed by atoms with Crippen LogP contribution in [0.4, 0.5) is 0 Å². The molecule has 1 aromatic carbocycles. The lowest BCUT2D eigenvalue weighted by molar-refractivity contribution is 0.308. The minimum atomic E-state index is -3.42. The molecule has 0 radical (unpaired) electrons. The molecule has 0 aromatic heterocycles. The minimum absolute atomic E-state index is 0.330. The Bertz CT molecular complexity index is 604. The van der Waals surface area contributed by atoms with Gasteiger partial charge in [-0.15, -0.1) is 0 Å². The Hall–Kier alpha value is -0.910. The summed E-state index contributed by atoms with van der Waals surface area (Å²) < 4.78 is 28.1. The van der Waals surface area contributed by atoms with Gasteiger partial charge in [-0.2, -0.15) is 0 Å². The van der Waals surface area contributed by atoms with Crippen LogP contribution in [0.5, 0.6) is 0 Å². The van der Waals surface area contributed by atoms with Crippen molar-refractivity contribution in [2.75, 3.05) is 13.1 Å². The molecule has 5 heteroatoms. The summed E-state index contributed by atoms with van der Waals surface area (Å²) >= 11 is 0. The van der Waals surface area contributed by atoms with E-state index in [0.717, 1.165) is 45.2 Å². The molecule has 3 rings (SSSR count). The van der Waals surface area contributed by atoms with Crippen LogP contribution in [0.2, 0.25) is 0 Å². The molecule has 1 aromatic rings. The standard InChI is InChI=1S/C15H22N2O2S/c1-15(7-9-16-10-8-15)17-20(18,19)14-6-5-12-3-2-4-13(12)11-14/h5-6,11,16-17H,2-4,7-10H2,1H3. The first kappa shape index (κ1) is 14.0. The number of rotatable bonds is 3. The van der Waals surface area contributed by atoms with Crippen molar-refractivity contribution in [1.82, 2.24) is 10.0 Å². The molecule has 1 fully saturated rings. The van der Waals surface area contributed by atoms with Crippen LogP contribution in [0, 0.1) is 0 Å². The van der Waals surface area contributed by atoms with E-state index >= 15 is 0 Å². The highest BCUT2D eigenvalue weighted by atomic mass is 32.2. The molecule has 1 aliphatic heterocycles. The van der Waals surface area contributed by atoms with Crippen LogP contribution in [-0.4, -0.2) is 27.0 Å². The fourth-order valence-electron chi connectivity index (χ4n) is 3.18. The van der Waals surface area contributed by atoms with Gasteiger partial charge in [-0.05, 0) is 75.4 Å². The van der Waals surface area contributed by atoms with Crippen LogP contribution in [0.3, 0.4) is 0 Å². The lowest BCUT2D eigenvalue weighted by atomic mass is 9.92. The third-order valence-corrected chi connectivity index (χ3v) is 6.10. The molecule has 1 saturated heterocycles. The van der Waals surface area contributed by atoms with Gasteiger partial charge in [0, 0.05) is 5.54 Å². The van der Waals surface area contributed by atoms with Crippen LogP contribution < -0.4 is 10.0 Å². The maximum Gasteiger partial charge on any atom is 0.241 e. The van der Waals surface area contributed by atoms with Crippen molar-refractivity contribution in [1.29, 1.82) is 0 Å². The summed E-state index contributed by atoms with van der Waals surface area (Å²) in [5.74, 6) is 0. The van der Waals surface area contributed by atoms with Gasteiger partial charge in [0.25, 0.3) is 0 Å². The zero-order valence-corrected chi connectivity index (χ0v) is 12.7. The van der Waals surface area contributed by atoms with Gasteiger partial charge in [-0.1, -0.05) is 6.07 Å². The molecule has 1 heterocycles. The second kappa shape index (κ2) is 5.13. The third kappa shape index (κ3) is 2.75. The van der Waals surface area contributed by atoms with E-state index in [1.54, 1.807) is 6.07 Å². The predicted molar refractivity (Wildman–Crippen MR) is 79.3 cm³/mol. The van der Waals surface area contributed by atoms with Crippen LogP contribution in [0.25, 0.3) is 0 Å². The van der Waals surface area contributed by atoms with Gasteiger partial charge in [-0.25, -0.2) is 13.1 Å². The summed E-state index contributed by atoms with van der Waals surface area (Å²) in [7, 11) is -3.42. The van der Waals surface area contributed by atoms with E-state index in [9.17, 15) is 8.42 Å². The molecule has 110 valence electrons. The van der Waals surface area contributed by atoms with Crippen molar-refractivity contribution >= 4 is 10.0 Å². The quantitative estimate of drug-likeness (QED) is 0.890. The second-order valence-corrected chi connectivity index (χ2v) is 7.88. The number of hydrogen-bond acceptors (Lipinski definition) is 3. The van der Waals surface area contributed by atoms with Gasteiger partial charge in [0.15, 0.2) is 0 Å². The first-order valence-electron chi connectivity index (χ1n) is 7.35. The molecule has 2 aliphatic rings. The number of fused-ring (bicyclic) bond motifs is 1. The van der Waals surface area contributed by atoms with Crippen molar-refractivity contribution < 1.29 is 8.42 Å². The number of sulfonamides is 1. The molecule has 4 nitrogen and oxygen atoms in total. The van der Waals surface area contributed by atoms with E-state index < -0.39 is 10.0 Å². The van der Waals surface area contributed by atoms with Gasteiger partial charge in [-0.3, -0.25) is 0 Å². The molecule has 0 saturated carbocycles. The first-order valence-corrected chi connectivity index (χ1v) is 8.83.